The zero-order valence-corrected chi connectivity index (χ0v) is 16.5. The molecule has 0 N–H and O–H groups in total. The molecule has 1 aliphatic heterocycles. The molecule has 144 valence electrons. The second kappa shape index (κ2) is 7.08. The lowest BCUT2D eigenvalue weighted by molar-refractivity contribution is 0.101. The predicted octanol–water partition coefficient (Wildman–Crippen LogP) is 4.99. The Kier molecular flexibility index (Phi) is 4.59. The van der Waals surface area contributed by atoms with Crippen molar-refractivity contribution in [2.45, 2.75) is 27.3 Å². The van der Waals surface area contributed by atoms with Gasteiger partial charge in [-0.2, -0.15) is 0 Å². The van der Waals surface area contributed by atoms with Gasteiger partial charge in [0.15, 0.2) is 5.76 Å². The molecule has 0 spiro atoms. The fourth-order valence-corrected chi connectivity index (χ4v) is 3.68. The third kappa shape index (κ3) is 2.93. The molecule has 0 saturated carbocycles. The Morgan fingerprint density at radius 1 is 1.14 bits per heavy atom. The second-order valence-corrected chi connectivity index (χ2v) is 6.74. The van der Waals surface area contributed by atoms with Crippen molar-refractivity contribution in [1.82, 2.24) is 4.57 Å². The third-order valence-electron chi connectivity index (χ3n) is 5.00. The van der Waals surface area contributed by atoms with E-state index in [1.165, 1.54) is 0 Å². The quantitative estimate of drug-likeness (QED) is 0.588. The van der Waals surface area contributed by atoms with Crippen molar-refractivity contribution >= 4 is 22.8 Å². The van der Waals surface area contributed by atoms with E-state index in [4.69, 9.17) is 14.2 Å². The molecule has 2 heterocycles. The summed E-state index contributed by atoms with van der Waals surface area (Å²) in [7, 11) is 1.65. The van der Waals surface area contributed by atoms with E-state index in [2.05, 4.69) is 11.5 Å². The summed E-state index contributed by atoms with van der Waals surface area (Å²) in [6.45, 7) is 7.31. The van der Waals surface area contributed by atoms with Gasteiger partial charge in [0.25, 0.3) is 0 Å². The first-order valence-corrected chi connectivity index (χ1v) is 9.44. The minimum Gasteiger partial charge on any atom is -0.497 e. The van der Waals surface area contributed by atoms with Gasteiger partial charge in [0.2, 0.25) is 5.78 Å². The van der Waals surface area contributed by atoms with Gasteiger partial charge in [-0.3, -0.25) is 4.79 Å². The first kappa shape index (κ1) is 18.2. The molecule has 1 aliphatic rings. The van der Waals surface area contributed by atoms with E-state index in [1.807, 2.05) is 50.4 Å². The van der Waals surface area contributed by atoms with Crippen molar-refractivity contribution < 1.29 is 19.0 Å². The van der Waals surface area contributed by atoms with E-state index in [-0.39, 0.29) is 5.78 Å². The topological polar surface area (TPSA) is 49.7 Å². The maximum atomic E-state index is 13.0. The highest BCUT2D eigenvalue weighted by Crippen LogP contribution is 2.38. The zero-order valence-electron chi connectivity index (χ0n) is 16.5. The van der Waals surface area contributed by atoms with Crippen molar-refractivity contribution in [2.24, 2.45) is 0 Å². The van der Waals surface area contributed by atoms with Crippen LogP contribution < -0.4 is 14.2 Å². The van der Waals surface area contributed by atoms with E-state index in [9.17, 15) is 4.79 Å². The highest BCUT2D eigenvalue weighted by molar-refractivity contribution is 6.16. The monoisotopic (exact) mass is 377 g/mol. The summed E-state index contributed by atoms with van der Waals surface area (Å²) >= 11 is 0. The minimum absolute atomic E-state index is 0.101. The van der Waals surface area contributed by atoms with Crippen molar-refractivity contribution in [3.63, 3.8) is 0 Å². The van der Waals surface area contributed by atoms with E-state index < -0.39 is 0 Å². The van der Waals surface area contributed by atoms with Crippen LogP contribution in [0.4, 0.5) is 0 Å². The Morgan fingerprint density at radius 3 is 2.68 bits per heavy atom. The van der Waals surface area contributed by atoms with Gasteiger partial charge in [-0.1, -0.05) is 0 Å². The van der Waals surface area contributed by atoms with E-state index in [1.54, 1.807) is 13.2 Å². The minimum atomic E-state index is -0.101. The van der Waals surface area contributed by atoms with Crippen LogP contribution in [0.15, 0.2) is 42.3 Å². The molecule has 28 heavy (non-hydrogen) atoms. The summed E-state index contributed by atoms with van der Waals surface area (Å²) < 4.78 is 19.0. The molecular formula is C23H23NO4. The van der Waals surface area contributed by atoms with Gasteiger partial charge < -0.3 is 18.8 Å². The highest BCUT2D eigenvalue weighted by Gasteiger charge is 2.30. The third-order valence-corrected chi connectivity index (χ3v) is 5.00. The number of aromatic nitrogens is 1. The summed E-state index contributed by atoms with van der Waals surface area (Å²) in [5, 5.41) is 1.02. The van der Waals surface area contributed by atoms with Crippen LogP contribution in [0, 0.1) is 6.92 Å². The molecule has 5 nitrogen and oxygen atoms in total. The number of methoxy groups -OCH3 is 1. The molecule has 4 rings (SSSR count). The molecule has 1 aromatic heterocycles. The van der Waals surface area contributed by atoms with Crippen LogP contribution in [0.5, 0.6) is 17.2 Å². The lowest BCUT2D eigenvalue weighted by atomic mass is 10.0. The van der Waals surface area contributed by atoms with Gasteiger partial charge in [0.1, 0.15) is 17.2 Å². The van der Waals surface area contributed by atoms with E-state index in [0.29, 0.717) is 29.4 Å². The summed E-state index contributed by atoms with van der Waals surface area (Å²) in [6, 6.07) is 9.61. The Morgan fingerprint density at radius 2 is 1.96 bits per heavy atom. The number of allylic oxidation sites excluding steroid dienone is 1. The molecule has 0 unspecified atom stereocenters. The Bertz CT molecular complexity index is 1110. The van der Waals surface area contributed by atoms with Crippen LogP contribution >= 0.6 is 0 Å². The summed E-state index contributed by atoms with van der Waals surface area (Å²) in [6.07, 6.45) is 3.85. The van der Waals surface area contributed by atoms with Crippen LogP contribution in [-0.2, 0) is 6.54 Å². The maximum Gasteiger partial charge on any atom is 0.232 e. The first-order valence-electron chi connectivity index (χ1n) is 9.44. The van der Waals surface area contributed by atoms with Gasteiger partial charge in [0.05, 0.1) is 19.3 Å². The SMILES string of the molecule is CCOc1cc(C)c2c(c1)O/C(=C\c1cn(CC)c3ccc(OC)cc13)C2=O. The number of ether oxygens (including phenoxy) is 3. The molecule has 0 fully saturated rings. The number of rotatable bonds is 5. The summed E-state index contributed by atoms with van der Waals surface area (Å²) in [5.41, 5.74) is 3.47. The van der Waals surface area contributed by atoms with Gasteiger partial charge in [-0.05, 0) is 56.7 Å². The van der Waals surface area contributed by atoms with Crippen LogP contribution in [-0.4, -0.2) is 24.1 Å². The largest absolute Gasteiger partial charge is 0.497 e. The van der Waals surface area contributed by atoms with E-state index >= 15 is 0 Å². The summed E-state index contributed by atoms with van der Waals surface area (Å²) in [5.74, 6) is 2.26. The smallest absolute Gasteiger partial charge is 0.232 e. The molecule has 0 bridgehead atoms. The number of ketones is 1. The molecule has 0 atom stereocenters. The number of Topliss-reactive ketones (excluding diaryl/α,β-unsaturated/α-hetero) is 1. The first-order chi connectivity index (χ1) is 13.5. The molecule has 2 aromatic carbocycles. The van der Waals surface area contributed by atoms with Gasteiger partial charge in [0, 0.05) is 35.3 Å². The van der Waals surface area contributed by atoms with E-state index in [0.717, 1.165) is 34.3 Å². The lowest BCUT2D eigenvalue weighted by Gasteiger charge is -2.06. The molecule has 0 saturated heterocycles. The number of hydrogen-bond donors (Lipinski definition) is 0. The average molecular weight is 377 g/mol. The van der Waals surface area contributed by atoms with Crippen molar-refractivity contribution in [3.05, 3.63) is 59.0 Å². The number of carbonyl (C=O) groups excluding carboxylic acids is 1. The molecule has 3 aromatic rings. The standard InChI is InChI=1S/C23H23NO4/c1-5-24-13-15(18-11-16(26-4)7-8-19(18)24)10-21-23(25)22-14(3)9-17(27-6-2)12-20(22)28-21/h7-13H,5-6H2,1-4H3/b21-10-. The number of aryl methyl sites for hydroxylation is 2. The average Bonchev–Trinajstić information content (AvgIpc) is 3.19. The maximum absolute atomic E-state index is 13.0. The van der Waals surface area contributed by atoms with Gasteiger partial charge >= 0.3 is 0 Å². The number of hydrogen-bond acceptors (Lipinski definition) is 4. The molecule has 5 heteroatoms. The van der Waals surface area contributed by atoms with Crippen LogP contribution in [0.25, 0.3) is 17.0 Å². The number of benzene rings is 2. The van der Waals surface area contributed by atoms with Crippen molar-refractivity contribution in [3.8, 4) is 17.2 Å². The predicted molar refractivity (Wildman–Crippen MR) is 109 cm³/mol. The lowest BCUT2D eigenvalue weighted by Crippen LogP contribution is -1.99. The Labute approximate surface area is 164 Å². The second-order valence-electron chi connectivity index (χ2n) is 6.74. The molecule has 0 radical (unpaired) electrons. The Hall–Kier alpha value is -3.21. The number of fused-ring (bicyclic) bond motifs is 2. The van der Waals surface area contributed by atoms with Crippen LogP contribution in [0.2, 0.25) is 0 Å². The van der Waals surface area contributed by atoms with Gasteiger partial charge in [-0.15, -0.1) is 0 Å². The van der Waals surface area contributed by atoms with Crippen LogP contribution in [0.3, 0.4) is 0 Å². The fraction of sp³-hybridized carbons (Fsp3) is 0.261. The Balaban J connectivity index is 1.79. The summed E-state index contributed by atoms with van der Waals surface area (Å²) in [4.78, 5) is 13.0. The molecule has 0 amide bonds. The number of carbonyl (C=O) groups is 1. The van der Waals surface area contributed by atoms with Crippen molar-refractivity contribution in [2.75, 3.05) is 13.7 Å². The molecule has 0 aliphatic carbocycles. The van der Waals surface area contributed by atoms with Crippen molar-refractivity contribution in [1.29, 1.82) is 0 Å². The fourth-order valence-electron chi connectivity index (χ4n) is 3.68. The molecular weight excluding hydrogens is 354 g/mol. The van der Waals surface area contributed by atoms with Crippen LogP contribution in [0.1, 0.15) is 35.3 Å². The zero-order chi connectivity index (χ0) is 19.8. The van der Waals surface area contributed by atoms with Gasteiger partial charge in [-0.25, -0.2) is 0 Å². The normalized spacial score (nSPS) is 14.4. The number of nitrogens with zero attached hydrogens (tertiary/aromatic N) is 1. The highest BCUT2D eigenvalue weighted by atomic mass is 16.5.